The highest BCUT2D eigenvalue weighted by Gasteiger charge is 2.33. The lowest BCUT2D eigenvalue weighted by Gasteiger charge is -2.37. The van der Waals surface area contributed by atoms with Gasteiger partial charge in [0.2, 0.25) is 0 Å². The molecule has 1 aromatic rings. The summed E-state index contributed by atoms with van der Waals surface area (Å²) in [5.41, 5.74) is 7.53. The molecule has 2 rings (SSSR count). The molecule has 3 unspecified atom stereocenters. The number of nitrogens with two attached hydrogens (primary N) is 1. The number of hydrogen-bond donors (Lipinski definition) is 1. The second-order valence-corrected chi connectivity index (χ2v) is 6.30. The number of rotatable bonds is 6. The standard InChI is InChI=1S/C17H29N3/c1-14(15-8-5-4-6-9-15)17(12-18)20-11-7-10-16(20)13-19(2)3/h4-6,8-9,14,16-17H,7,10-13,18H2,1-3H3. The molecule has 3 atom stereocenters. The van der Waals surface area contributed by atoms with Crippen LogP contribution in [0.15, 0.2) is 30.3 Å². The fraction of sp³-hybridized carbons (Fsp3) is 0.647. The normalized spacial score (nSPS) is 23.1. The second-order valence-electron chi connectivity index (χ2n) is 6.30. The van der Waals surface area contributed by atoms with Crippen molar-refractivity contribution in [1.29, 1.82) is 0 Å². The summed E-state index contributed by atoms with van der Waals surface area (Å²) in [5.74, 6) is 0.490. The molecule has 1 aromatic carbocycles. The van der Waals surface area contributed by atoms with Crippen molar-refractivity contribution in [2.75, 3.05) is 33.7 Å². The molecular formula is C17H29N3. The second kappa shape index (κ2) is 7.21. The third-order valence-electron chi connectivity index (χ3n) is 4.57. The minimum atomic E-state index is 0.449. The van der Waals surface area contributed by atoms with Gasteiger partial charge in [0.25, 0.3) is 0 Å². The molecule has 3 nitrogen and oxygen atoms in total. The van der Waals surface area contributed by atoms with Crippen molar-refractivity contribution in [2.45, 2.75) is 37.8 Å². The van der Waals surface area contributed by atoms with E-state index < -0.39 is 0 Å². The highest BCUT2D eigenvalue weighted by atomic mass is 15.2. The fourth-order valence-electron chi connectivity index (χ4n) is 3.52. The van der Waals surface area contributed by atoms with Crippen molar-refractivity contribution in [3.63, 3.8) is 0 Å². The van der Waals surface area contributed by atoms with Crippen LogP contribution in [0.4, 0.5) is 0 Å². The smallest absolute Gasteiger partial charge is 0.0287 e. The number of benzene rings is 1. The van der Waals surface area contributed by atoms with Crippen molar-refractivity contribution in [3.8, 4) is 0 Å². The van der Waals surface area contributed by atoms with Gasteiger partial charge in [-0.1, -0.05) is 37.3 Å². The Bertz CT molecular complexity index is 390. The van der Waals surface area contributed by atoms with E-state index in [9.17, 15) is 0 Å². The van der Waals surface area contributed by atoms with Gasteiger partial charge in [-0.15, -0.1) is 0 Å². The minimum Gasteiger partial charge on any atom is -0.329 e. The number of likely N-dealkylation sites (N-methyl/N-ethyl adjacent to an activating group) is 1. The Kier molecular flexibility index (Phi) is 5.58. The lowest BCUT2D eigenvalue weighted by Crippen LogP contribution is -2.49. The van der Waals surface area contributed by atoms with Crippen LogP contribution >= 0.6 is 0 Å². The molecule has 20 heavy (non-hydrogen) atoms. The number of likely N-dealkylation sites (tertiary alicyclic amines) is 1. The van der Waals surface area contributed by atoms with Crippen LogP contribution in [0.25, 0.3) is 0 Å². The van der Waals surface area contributed by atoms with Gasteiger partial charge in [0.1, 0.15) is 0 Å². The first-order chi connectivity index (χ1) is 9.63. The molecule has 0 radical (unpaired) electrons. The van der Waals surface area contributed by atoms with Gasteiger partial charge >= 0.3 is 0 Å². The lowest BCUT2D eigenvalue weighted by molar-refractivity contribution is 0.140. The largest absolute Gasteiger partial charge is 0.329 e. The Morgan fingerprint density at radius 3 is 2.60 bits per heavy atom. The first-order valence-corrected chi connectivity index (χ1v) is 7.79. The maximum absolute atomic E-state index is 6.13. The van der Waals surface area contributed by atoms with Gasteiger partial charge in [0.05, 0.1) is 0 Å². The lowest BCUT2D eigenvalue weighted by atomic mass is 9.91. The van der Waals surface area contributed by atoms with Gasteiger partial charge in [0, 0.05) is 25.2 Å². The summed E-state index contributed by atoms with van der Waals surface area (Å²) in [4.78, 5) is 4.95. The van der Waals surface area contributed by atoms with Crippen LogP contribution in [0.3, 0.4) is 0 Å². The molecular weight excluding hydrogens is 246 g/mol. The summed E-state index contributed by atoms with van der Waals surface area (Å²) in [6.07, 6.45) is 2.60. The average Bonchev–Trinajstić information content (AvgIpc) is 2.88. The third kappa shape index (κ3) is 3.60. The van der Waals surface area contributed by atoms with E-state index in [1.165, 1.54) is 24.9 Å². The van der Waals surface area contributed by atoms with Crippen molar-refractivity contribution < 1.29 is 0 Å². The Morgan fingerprint density at radius 1 is 1.30 bits per heavy atom. The molecule has 1 fully saturated rings. The van der Waals surface area contributed by atoms with E-state index in [4.69, 9.17) is 5.73 Å². The molecule has 1 aliphatic rings. The zero-order chi connectivity index (χ0) is 14.5. The van der Waals surface area contributed by atoms with Gasteiger partial charge in [-0.25, -0.2) is 0 Å². The van der Waals surface area contributed by atoms with E-state index in [0.29, 0.717) is 18.0 Å². The van der Waals surface area contributed by atoms with Gasteiger partial charge in [-0.2, -0.15) is 0 Å². The van der Waals surface area contributed by atoms with Gasteiger partial charge in [0.15, 0.2) is 0 Å². The van der Waals surface area contributed by atoms with E-state index in [1.54, 1.807) is 0 Å². The number of nitrogens with zero attached hydrogens (tertiary/aromatic N) is 2. The van der Waals surface area contributed by atoms with Crippen molar-refractivity contribution in [1.82, 2.24) is 9.80 Å². The molecule has 1 aliphatic heterocycles. The highest BCUT2D eigenvalue weighted by molar-refractivity contribution is 5.21. The van der Waals surface area contributed by atoms with E-state index in [-0.39, 0.29) is 0 Å². The molecule has 0 spiro atoms. The summed E-state index contributed by atoms with van der Waals surface area (Å²) in [6.45, 7) is 5.38. The van der Waals surface area contributed by atoms with Crippen LogP contribution in [0.1, 0.15) is 31.2 Å². The van der Waals surface area contributed by atoms with Gasteiger partial charge in [-0.05, 0) is 45.0 Å². The summed E-state index contributed by atoms with van der Waals surface area (Å²) in [5, 5.41) is 0. The van der Waals surface area contributed by atoms with Crippen molar-refractivity contribution in [3.05, 3.63) is 35.9 Å². The fourth-order valence-corrected chi connectivity index (χ4v) is 3.52. The van der Waals surface area contributed by atoms with Crippen LogP contribution in [-0.4, -0.2) is 55.6 Å². The minimum absolute atomic E-state index is 0.449. The van der Waals surface area contributed by atoms with Crippen molar-refractivity contribution >= 4 is 0 Å². The maximum atomic E-state index is 6.13. The first-order valence-electron chi connectivity index (χ1n) is 7.79. The van der Waals surface area contributed by atoms with E-state index in [0.717, 1.165) is 13.1 Å². The molecule has 0 aromatic heterocycles. The molecule has 0 bridgehead atoms. The molecule has 0 amide bonds. The van der Waals surface area contributed by atoms with Crippen LogP contribution in [0.2, 0.25) is 0 Å². The molecule has 1 heterocycles. The SMILES string of the molecule is CC(c1ccccc1)C(CN)N1CCCC1CN(C)C. The quantitative estimate of drug-likeness (QED) is 0.863. The van der Waals surface area contributed by atoms with Gasteiger partial charge in [-0.3, -0.25) is 4.90 Å². The van der Waals surface area contributed by atoms with E-state index in [2.05, 4.69) is 61.2 Å². The molecule has 0 saturated carbocycles. The van der Waals surface area contributed by atoms with Crippen LogP contribution in [0.5, 0.6) is 0 Å². The maximum Gasteiger partial charge on any atom is 0.0287 e. The van der Waals surface area contributed by atoms with Gasteiger partial charge < -0.3 is 10.6 Å². The highest BCUT2D eigenvalue weighted by Crippen LogP contribution is 2.29. The zero-order valence-corrected chi connectivity index (χ0v) is 13.1. The van der Waals surface area contributed by atoms with Crippen molar-refractivity contribution in [2.24, 2.45) is 5.73 Å². The Morgan fingerprint density at radius 2 is 2.00 bits per heavy atom. The molecule has 3 heteroatoms. The summed E-state index contributed by atoms with van der Waals surface area (Å²) >= 11 is 0. The Labute approximate surface area is 123 Å². The van der Waals surface area contributed by atoms with Crippen LogP contribution in [0, 0.1) is 0 Å². The topological polar surface area (TPSA) is 32.5 Å². The van der Waals surface area contributed by atoms with Crippen LogP contribution < -0.4 is 5.73 Å². The summed E-state index contributed by atoms with van der Waals surface area (Å²) in [7, 11) is 4.32. The summed E-state index contributed by atoms with van der Waals surface area (Å²) < 4.78 is 0. The third-order valence-corrected chi connectivity index (χ3v) is 4.57. The molecule has 1 saturated heterocycles. The molecule has 112 valence electrons. The van der Waals surface area contributed by atoms with Crippen LogP contribution in [-0.2, 0) is 0 Å². The Hall–Kier alpha value is -0.900. The predicted octanol–water partition coefficient (Wildman–Crippen LogP) is 2.14. The molecule has 2 N–H and O–H groups in total. The average molecular weight is 275 g/mol. The van der Waals surface area contributed by atoms with E-state index in [1.807, 2.05) is 0 Å². The van der Waals surface area contributed by atoms with E-state index >= 15 is 0 Å². The first kappa shape index (κ1) is 15.5. The summed E-state index contributed by atoms with van der Waals surface area (Å²) in [6, 6.07) is 11.9. The zero-order valence-electron chi connectivity index (χ0n) is 13.1. The molecule has 0 aliphatic carbocycles. The predicted molar refractivity (Wildman–Crippen MR) is 86.0 cm³/mol. The number of hydrogen-bond acceptors (Lipinski definition) is 3. The monoisotopic (exact) mass is 275 g/mol. The Balaban J connectivity index is 2.10.